The number of rotatable bonds is 29. The molecule has 0 spiro atoms. The first-order valence-corrected chi connectivity index (χ1v) is 17.5. The van der Waals surface area contributed by atoms with Crippen LogP contribution in [-0.4, -0.2) is 29.1 Å². The molecule has 0 saturated carbocycles. The van der Waals surface area contributed by atoms with Crippen LogP contribution >= 0.6 is 0 Å². The normalized spacial score (nSPS) is 15.4. The minimum Gasteiger partial charge on any atom is -0.356 e. The number of hydrogen-bond donors (Lipinski definition) is 0. The van der Waals surface area contributed by atoms with Crippen molar-refractivity contribution in [2.45, 2.75) is 200 Å². The van der Waals surface area contributed by atoms with Gasteiger partial charge in [-0.1, -0.05) is 168 Å². The van der Waals surface area contributed by atoms with Crippen LogP contribution in [0.1, 0.15) is 194 Å². The second-order valence-electron chi connectivity index (χ2n) is 12.2. The number of nitrogens with zero attached hydrogens (tertiary/aromatic N) is 2. The maximum Gasteiger partial charge on any atom is 0.101 e. The van der Waals surface area contributed by atoms with E-state index in [-0.39, 0.29) is 0 Å². The van der Waals surface area contributed by atoms with Gasteiger partial charge in [-0.3, -0.25) is 0 Å². The highest BCUT2D eigenvalue weighted by Crippen LogP contribution is 2.24. The van der Waals surface area contributed by atoms with Crippen LogP contribution in [0.25, 0.3) is 0 Å². The van der Waals surface area contributed by atoms with Crippen LogP contribution in [0.3, 0.4) is 0 Å². The lowest BCUT2D eigenvalue weighted by molar-refractivity contribution is 0.135. The molecular weight excluding hydrogens is 448 g/mol. The van der Waals surface area contributed by atoms with Crippen molar-refractivity contribution in [2.24, 2.45) is 0 Å². The quantitative estimate of drug-likeness (QED) is 0.0908. The molecule has 0 saturated heterocycles. The van der Waals surface area contributed by atoms with E-state index >= 15 is 0 Å². The highest BCUT2D eigenvalue weighted by molar-refractivity contribution is 4.97. The molecule has 0 aromatic carbocycles. The first-order valence-electron chi connectivity index (χ1n) is 17.5. The summed E-state index contributed by atoms with van der Waals surface area (Å²) in [6.45, 7) is 9.47. The molecule has 1 heterocycles. The molecule has 0 bridgehead atoms. The zero-order valence-corrected chi connectivity index (χ0v) is 26.1. The van der Waals surface area contributed by atoms with Crippen LogP contribution in [0.4, 0.5) is 0 Å². The van der Waals surface area contributed by atoms with E-state index in [0.717, 1.165) is 0 Å². The van der Waals surface area contributed by atoms with Crippen molar-refractivity contribution in [3.05, 3.63) is 12.4 Å². The summed E-state index contributed by atoms with van der Waals surface area (Å²) in [7, 11) is 0. The van der Waals surface area contributed by atoms with Crippen molar-refractivity contribution in [3.63, 3.8) is 0 Å². The van der Waals surface area contributed by atoms with Gasteiger partial charge in [0.2, 0.25) is 0 Å². The molecular formula is C35H70N2. The van der Waals surface area contributed by atoms with Gasteiger partial charge in [-0.25, -0.2) is 0 Å². The van der Waals surface area contributed by atoms with Crippen LogP contribution in [0.15, 0.2) is 12.4 Å². The van der Waals surface area contributed by atoms with E-state index in [1.807, 2.05) is 0 Å². The minimum absolute atomic E-state index is 0.642. The Balaban J connectivity index is 2.18. The summed E-state index contributed by atoms with van der Waals surface area (Å²) in [6, 6.07) is 0. The van der Waals surface area contributed by atoms with Crippen molar-refractivity contribution in [3.8, 4) is 0 Å². The van der Waals surface area contributed by atoms with E-state index in [1.165, 1.54) is 186 Å². The Hall–Kier alpha value is -0.660. The molecule has 37 heavy (non-hydrogen) atoms. The van der Waals surface area contributed by atoms with Crippen molar-refractivity contribution in [1.29, 1.82) is 0 Å². The molecule has 0 radical (unpaired) electrons. The molecule has 1 aliphatic rings. The fourth-order valence-corrected chi connectivity index (χ4v) is 6.01. The third-order valence-corrected chi connectivity index (χ3v) is 8.57. The van der Waals surface area contributed by atoms with E-state index < -0.39 is 0 Å². The van der Waals surface area contributed by atoms with E-state index in [1.54, 1.807) is 0 Å². The van der Waals surface area contributed by atoms with Crippen LogP contribution in [0, 0.1) is 0 Å². The molecule has 0 N–H and O–H groups in total. The Bertz CT molecular complexity index is 474. The van der Waals surface area contributed by atoms with E-state index in [0.29, 0.717) is 6.17 Å². The maximum absolute atomic E-state index is 2.70. The molecule has 1 aliphatic heterocycles. The molecule has 0 aliphatic carbocycles. The summed E-state index contributed by atoms with van der Waals surface area (Å²) >= 11 is 0. The van der Waals surface area contributed by atoms with E-state index in [9.17, 15) is 0 Å². The fraction of sp³-hybridized carbons (Fsp3) is 0.943. The van der Waals surface area contributed by atoms with Gasteiger partial charge < -0.3 is 9.80 Å². The number of hydrogen-bond acceptors (Lipinski definition) is 2. The zero-order valence-electron chi connectivity index (χ0n) is 26.1. The van der Waals surface area contributed by atoms with Gasteiger partial charge in [0.25, 0.3) is 0 Å². The van der Waals surface area contributed by atoms with E-state index in [4.69, 9.17) is 0 Å². The second-order valence-corrected chi connectivity index (χ2v) is 12.2. The van der Waals surface area contributed by atoms with Gasteiger partial charge in [-0.2, -0.15) is 0 Å². The largest absolute Gasteiger partial charge is 0.356 e. The third kappa shape index (κ3) is 20.0. The lowest BCUT2D eigenvalue weighted by Crippen LogP contribution is -2.39. The molecule has 1 atom stereocenters. The highest BCUT2D eigenvalue weighted by atomic mass is 15.4. The Kier molecular flexibility index (Phi) is 25.0. The molecule has 0 fully saturated rings. The first-order chi connectivity index (χ1) is 18.3. The second kappa shape index (κ2) is 26.9. The molecule has 0 aromatic rings. The van der Waals surface area contributed by atoms with Crippen molar-refractivity contribution in [1.82, 2.24) is 9.80 Å². The van der Waals surface area contributed by atoms with Gasteiger partial charge in [-0.05, 0) is 25.7 Å². The highest BCUT2D eigenvalue weighted by Gasteiger charge is 2.24. The monoisotopic (exact) mass is 519 g/mol. The summed E-state index contributed by atoms with van der Waals surface area (Å²) in [5.41, 5.74) is 0. The predicted molar refractivity (Wildman–Crippen MR) is 168 cm³/mol. The Labute approximate surface area is 235 Å². The summed E-state index contributed by atoms with van der Waals surface area (Å²) in [4.78, 5) is 5.40. The summed E-state index contributed by atoms with van der Waals surface area (Å²) in [5, 5.41) is 0. The SMILES string of the molecule is CCCCCCCCCCCCCCCN1C=CN(CCCCCCCCC)C1CCCCCCCC. The molecule has 2 heteroatoms. The van der Waals surface area contributed by atoms with Crippen LogP contribution in [0.2, 0.25) is 0 Å². The van der Waals surface area contributed by atoms with Gasteiger partial charge >= 0.3 is 0 Å². The van der Waals surface area contributed by atoms with Crippen LogP contribution < -0.4 is 0 Å². The van der Waals surface area contributed by atoms with Gasteiger partial charge in [0, 0.05) is 25.5 Å². The predicted octanol–water partition coefficient (Wildman–Crippen LogP) is 12.0. The summed E-state index contributed by atoms with van der Waals surface area (Å²) in [6.07, 6.45) is 44.0. The van der Waals surface area contributed by atoms with Crippen molar-refractivity contribution < 1.29 is 0 Å². The van der Waals surface area contributed by atoms with Gasteiger partial charge in [-0.15, -0.1) is 0 Å². The van der Waals surface area contributed by atoms with Crippen molar-refractivity contribution >= 4 is 0 Å². The Morgan fingerprint density at radius 1 is 0.351 bits per heavy atom. The molecule has 2 nitrogen and oxygen atoms in total. The average molecular weight is 519 g/mol. The molecule has 220 valence electrons. The van der Waals surface area contributed by atoms with E-state index in [2.05, 4.69) is 43.0 Å². The molecule has 0 aromatic heterocycles. The average Bonchev–Trinajstić information content (AvgIpc) is 3.29. The van der Waals surface area contributed by atoms with Crippen molar-refractivity contribution in [2.75, 3.05) is 13.1 Å². The first kappa shape index (κ1) is 34.4. The Morgan fingerprint density at radius 3 is 0.946 bits per heavy atom. The van der Waals surface area contributed by atoms with Crippen LogP contribution in [0.5, 0.6) is 0 Å². The molecule has 0 amide bonds. The van der Waals surface area contributed by atoms with Gasteiger partial charge in [0.15, 0.2) is 0 Å². The summed E-state index contributed by atoms with van der Waals surface area (Å²) in [5.74, 6) is 0. The maximum atomic E-state index is 2.70. The molecule has 1 rings (SSSR count). The number of unbranched alkanes of at least 4 members (excludes halogenated alkanes) is 23. The zero-order chi connectivity index (χ0) is 26.7. The molecule has 1 unspecified atom stereocenters. The standard InChI is InChI=1S/C35H70N2/c1-4-7-10-13-16-17-18-19-20-21-23-26-29-32-37-34-33-36(31-28-25-22-14-11-8-5-2)35(37)30-27-24-15-12-9-6-3/h33-35H,4-32H2,1-3H3. The fourth-order valence-electron chi connectivity index (χ4n) is 6.01. The summed E-state index contributed by atoms with van der Waals surface area (Å²) < 4.78 is 0. The smallest absolute Gasteiger partial charge is 0.101 e. The lowest BCUT2D eigenvalue weighted by atomic mass is 10.0. The third-order valence-electron chi connectivity index (χ3n) is 8.57. The topological polar surface area (TPSA) is 6.48 Å². The Morgan fingerprint density at radius 2 is 0.622 bits per heavy atom. The lowest BCUT2D eigenvalue weighted by Gasteiger charge is -2.33. The van der Waals surface area contributed by atoms with Gasteiger partial charge in [0.05, 0.1) is 0 Å². The van der Waals surface area contributed by atoms with Crippen LogP contribution in [-0.2, 0) is 0 Å². The minimum atomic E-state index is 0.642. The van der Waals surface area contributed by atoms with Gasteiger partial charge in [0.1, 0.15) is 6.17 Å².